The summed E-state index contributed by atoms with van der Waals surface area (Å²) in [6.07, 6.45) is 7.66. The average molecular weight is 463 g/mol. The highest BCUT2D eigenvalue weighted by atomic mass is 32.2. The normalized spacial score (nSPS) is 33.1. The third-order valence-corrected chi connectivity index (χ3v) is 10.3. The molecule has 1 heterocycles. The van der Waals surface area contributed by atoms with E-state index in [2.05, 4.69) is 12.2 Å². The maximum Gasteiger partial charge on any atom is 0.255 e. The van der Waals surface area contributed by atoms with Crippen molar-refractivity contribution in [2.45, 2.75) is 56.4 Å². The highest BCUT2D eigenvalue weighted by molar-refractivity contribution is 7.89. The number of carbonyl (C=O) groups is 1. The number of rotatable bonds is 6. The van der Waals surface area contributed by atoms with E-state index in [1.807, 2.05) is 0 Å². The summed E-state index contributed by atoms with van der Waals surface area (Å²) in [4.78, 5) is 13.5. The van der Waals surface area contributed by atoms with Gasteiger partial charge in [-0.25, -0.2) is 8.42 Å². The molecule has 1 unspecified atom stereocenters. The quantitative estimate of drug-likeness (QED) is 0.702. The van der Waals surface area contributed by atoms with Gasteiger partial charge in [-0.3, -0.25) is 4.79 Å². The molecule has 32 heavy (non-hydrogen) atoms. The van der Waals surface area contributed by atoms with Gasteiger partial charge in [-0.2, -0.15) is 4.31 Å². The minimum atomic E-state index is -3.69. The lowest BCUT2D eigenvalue weighted by Gasteiger charge is -2.59. The molecular weight excluding hydrogens is 428 g/mol. The van der Waals surface area contributed by atoms with Crippen molar-refractivity contribution in [2.24, 2.45) is 23.2 Å². The van der Waals surface area contributed by atoms with Gasteiger partial charge in [0, 0.05) is 19.1 Å². The SMILES string of the molecule is COc1ccc(S(=O)(=O)N2CCOCC2)cc1C(=O)NC(C)C12CC3CC(CC(C3)C1)C2. The van der Waals surface area contributed by atoms with Crippen LogP contribution in [0.4, 0.5) is 0 Å². The Hall–Kier alpha value is -1.64. The van der Waals surface area contributed by atoms with Crippen LogP contribution in [-0.4, -0.2) is 58.1 Å². The molecular formula is C24H34N2O5S. The van der Waals surface area contributed by atoms with Crippen molar-refractivity contribution in [3.63, 3.8) is 0 Å². The summed E-state index contributed by atoms with van der Waals surface area (Å²) < 4.78 is 38.3. The maximum atomic E-state index is 13.4. The fourth-order valence-corrected chi connectivity index (χ4v) is 8.53. The van der Waals surface area contributed by atoms with E-state index in [1.54, 1.807) is 6.07 Å². The Morgan fingerprint density at radius 2 is 1.72 bits per heavy atom. The van der Waals surface area contributed by atoms with Crippen molar-refractivity contribution in [1.29, 1.82) is 0 Å². The number of benzene rings is 1. The number of methoxy groups -OCH3 is 1. The summed E-state index contributed by atoms with van der Waals surface area (Å²) in [5.74, 6) is 2.54. The Balaban J connectivity index is 1.38. The van der Waals surface area contributed by atoms with Gasteiger partial charge in [-0.05, 0) is 86.8 Å². The van der Waals surface area contributed by atoms with E-state index in [9.17, 15) is 13.2 Å². The standard InChI is InChI=1S/C24H34N2O5S/c1-16(24-13-17-9-18(14-24)11-19(10-17)15-24)25-23(27)21-12-20(3-4-22(21)30-2)32(28,29)26-5-7-31-8-6-26/h3-4,12,16-19H,5-11,13-15H2,1-2H3,(H,25,27). The summed E-state index contributed by atoms with van der Waals surface area (Å²) in [5.41, 5.74) is 0.452. The van der Waals surface area contributed by atoms with Crippen LogP contribution in [0.25, 0.3) is 0 Å². The van der Waals surface area contributed by atoms with E-state index in [4.69, 9.17) is 9.47 Å². The number of hydrogen-bond donors (Lipinski definition) is 1. The Bertz CT molecular complexity index is 951. The van der Waals surface area contributed by atoms with E-state index >= 15 is 0 Å². The van der Waals surface area contributed by atoms with Crippen LogP contribution in [0.5, 0.6) is 5.75 Å². The molecule has 1 aromatic rings. The van der Waals surface area contributed by atoms with Gasteiger partial charge in [0.15, 0.2) is 0 Å². The molecule has 0 spiro atoms. The summed E-state index contributed by atoms with van der Waals surface area (Å²) in [5, 5.41) is 3.24. The van der Waals surface area contributed by atoms with Gasteiger partial charge in [0.05, 0.1) is 30.8 Å². The van der Waals surface area contributed by atoms with Crippen LogP contribution in [0.15, 0.2) is 23.1 Å². The van der Waals surface area contributed by atoms with Crippen LogP contribution in [0.3, 0.4) is 0 Å². The van der Waals surface area contributed by atoms with Crippen LogP contribution >= 0.6 is 0 Å². The molecule has 5 aliphatic rings. The van der Waals surface area contributed by atoms with Gasteiger partial charge >= 0.3 is 0 Å². The number of nitrogens with one attached hydrogen (secondary N) is 1. The first-order valence-electron chi connectivity index (χ1n) is 11.9. The third kappa shape index (κ3) is 3.84. The van der Waals surface area contributed by atoms with E-state index in [0.717, 1.165) is 17.8 Å². The Kier molecular flexibility index (Phi) is 5.75. The third-order valence-electron chi connectivity index (χ3n) is 8.38. The number of carbonyl (C=O) groups excluding carboxylic acids is 1. The monoisotopic (exact) mass is 462 g/mol. The maximum absolute atomic E-state index is 13.4. The second kappa shape index (κ2) is 8.29. The molecule has 8 heteroatoms. The minimum Gasteiger partial charge on any atom is -0.496 e. The first-order chi connectivity index (χ1) is 15.3. The van der Waals surface area contributed by atoms with Gasteiger partial charge in [0.1, 0.15) is 5.75 Å². The molecule has 1 aliphatic heterocycles. The van der Waals surface area contributed by atoms with E-state index in [0.29, 0.717) is 32.1 Å². The largest absolute Gasteiger partial charge is 0.496 e. The topological polar surface area (TPSA) is 84.9 Å². The lowest BCUT2D eigenvalue weighted by atomic mass is 9.48. The Morgan fingerprint density at radius 1 is 1.12 bits per heavy atom. The van der Waals surface area contributed by atoms with Gasteiger partial charge in [-0.1, -0.05) is 0 Å². The second-order valence-electron chi connectivity index (χ2n) is 10.4. The molecule has 1 saturated heterocycles. The van der Waals surface area contributed by atoms with Crippen molar-refractivity contribution in [2.75, 3.05) is 33.4 Å². The average Bonchev–Trinajstić information content (AvgIpc) is 2.78. The minimum absolute atomic E-state index is 0.0487. The van der Waals surface area contributed by atoms with Crippen molar-refractivity contribution >= 4 is 15.9 Å². The molecule has 1 aromatic carbocycles. The highest BCUT2D eigenvalue weighted by Crippen LogP contribution is 2.61. The van der Waals surface area contributed by atoms with Crippen molar-refractivity contribution in [3.8, 4) is 5.75 Å². The molecule has 1 amide bonds. The summed E-state index contributed by atoms with van der Waals surface area (Å²) in [7, 11) is -2.19. The molecule has 176 valence electrons. The number of sulfonamides is 1. The molecule has 0 radical (unpaired) electrons. The van der Waals surface area contributed by atoms with Crippen LogP contribution in [0.1, 0.15) is 55.8 Å². The molecule has 1 N–H and O–H groups in total. The fourth-order valence-electron chi connectivity index (χ4n) is 7.10. The van der Waals surface area contributed by atoms with E-state index in [1.165, 1.54) is 62.1 Å². The predicted molar refractivity (Wildman–Crippen MR) is 120 cm³/mol. The van der Waals surface area contributed by atoms with Crippen LogP contribution in [-0.2, 0) is 14.8 Å². The summed E-state index contributed by atoms with van der Waals surface area (Å²) >= 11 is 0. The van der Waals surface area contributed by atoms with E-state index < -0.39 is 10.0 Å². The molecule has 5 fully saturated rings. The lowest BCUT2D eigenvalue weighted by molar-refractivity contribution is -0.0688. The number of ether oxygens (including phenoxy) is 2. The highest BCUT2D eigenvalue weighted by Gasteiger charge is 2.53. The first-order valence-corrected chi connectivity index (χ1v) is 13.3. The zero-order chi connectivity index (χ0) is 22.5. The van der Waals surface area contributed by atoms with Crippen LogP contribution in [0.2, 0.25) is 0 Å². The molecule has 0 aromatic heterocycles. The van der Waals surface area contributed by atoms with Crippen LogP contribution in [0, 0.1) is 23.2 Å². The van der Waals surface area contributed by atoms with Gasteiger partial charge in [0.2, 0.25) is 10.0 Å². The number of nitrogens with zero attached hydrogens (tertiary/aromatic N) is 1. The number of hydrogen-bond acceptors (Lipinski definition) is 5. The Labute approximate surface area is 190 Å². The second-order valence-corrected chi connectivity index (χ2v) is 12.3. The summed E-state index contributed by atoms with van der Waals surface area (Å²) in [6, 6.07) is 4.61. The molecule has 6 rings (SSSR count). The first kappa shape index (κ1) is 22.2. The molecule has 4 bridgehead atoms. The van der Waals surface area contributed by atoms with Crippen molar-refractivity contribution in [3.05, 3.63) is 23.8 Å². The van der Waals surface area contributed by atoms with Gasteiger partial charge in [0.25, 0.3) is 5.91 Å². The number of amides is 1. The molecule has 7 nitrogen and oxygen atoms in total. The number of morpholine rings is 1. The van der Waals surface area contributed by atoms with Crippen LogP contribution < -0.4 is 10.1 Å². The summed E-state index contributed by atoms with van der Waals surface area (Å²) in [6.45, 7) is 3.53. The molecule has 4 saturated carbocycles. The Morgan fingerprint density at radius 3 is 2.28 bits per heavy atom. The zero-order valence-corrected chi connectivity index (χ0v) is 19.8. The van der Waals surface area contributed by atoms with E-state index in [-0.39, 0.29) is 27.8 Å². The smallest absolute Gasteiger partial charge is 0.255 e. The zero-order valence-electron chi connectivity index (χ0n) is 19.0. The molecule has 1 atom stereocenters. The predicted octanol–water partition coefficient (Wildman–Crippen LogP) is 3.05. The van der Waals surface area contributed by atoms with Gasteiger partial charge < -0.3 is 14.8 Å². The van der Waals surface area contributed by atoms with Crippen molar-refractivity contribution < 1.29 is 22.7 Å². The van der Waals surface area contributed by atoms with Gasteiger partial charge in [-0.15, -0.1) is 0 Å². The molecule has 4 aliphatic carbocycles. The van der Waals surface area contributed by atoms with Crippen molar-refractivity contribution in [1.82, 2.24) is 9.62 Å². The lowest BCUT2D eigenvalue weighted by Crippen LogP contribution is -2.55. The fraction of sp³-hybridized carbons (Fsp3) is 0.708.